The lowest BCUT2D eigenvalue weighted by atomic mass is 9.91. The summed E-state index contributed by atoms with van der Waals surface area (Å²) in [6.07, 6.45) is 6.32. The highest BCUT2D eigenvalue weighted by molar-refractivity contribution is 5.81. The molecular formula is C22H36N3O5. The second kappa shape index (κ2) is 11.3. The summed E-state index contributed by atoms with van der Waals surface area (Å²) in [4.78, 5) is 50.8. The van der Waals surface area contributed by atoms with Crippen molar-refractivity contribution >= 4 is 24.2 Å². The molecule has 2 rings (SSSR count). The van der Waals surface area contributed by atoms with Gasteiger partial charge in [-0.25, -0.2) is 4.79 Å². The third-order valence-corrected chi connectivity index (χ3v) is 5.70. The molecule has 1 N–H and O–H groups in total. The minimum atomic E-state index is -0.490. The van der Waals surface area contributed by atoms with Gasteiger partial charge in [-0.1, -0.05) is 0 Å². The lowest BCUT2D eigenvalue weighted by Crippen LogP contribution is -2.45. The Balaban J connectivity index is 1.70. The predicted octanol–water partition coefficient (Wildman–Crippen LogP) is 2.27. The molecule has 2 fully saturated rings. The fraction of sp³-hybridized carbons (Fsp3) is 0.818. The van der Waals surface area contributed by atoms with E-state index in [-0.39, 0.29) is 30.2 Å². The van der Waals surface area contributed by atoms with Gasteiger partial charge in [0.05, 0.1) is 5.92 Å². The number of hydrogen-bond acceptors (Lipinski definition) is 5. The third kappa shape index (κ3) is 7.95. The fourth-order valence-electron chi connectivity index (χ4n) is 4.02. The average molecular weight is 423 g/mol. The first-order valence-electron chi connectivity index (χ1n) is 11.1. The van der Waals surface area contributed by atoms with Gasteiger partial charge in [-0.05, 0) is 58.8 Å². The van der Waals surface area contributed by atoms with Crippen molar-refractivity contribution in [2.75, 3.05) is 32.7 Å². The van der Waals surface area contributed by atoms with Gasteiger partial charge in [0.2, 0.25) is 11.8 Å². The molecule has 0 aliphatic carbocycles. The normalized spacial score (nSPS) is 20.6. The molecule has 0 spiro atoms. The fourth-order valence-corrected chi connectivity index (χ4v) is 4.02. The molecule has 0 aromatic rings. The molecule has 2 aliphatic heterocycles. The first-order valence-corrected chi connectivity index (χ1v) is 11.1. The smallest absolute Gasteiger partial charge is 0.410 e. The maximum Gasteiger partial charge on any atom is 0.410 e. The molecule has 2 aliphatic rings. The summed E-state index contributed by atoms with van der Waals surface area (Å²) in [5.41, 5.74) is -0.490. The van der Waals surface area contributed by atoms with Crippen LogP contribution in [0.2, 0.25) is 0 Å². The van der Waals surface area contributed by atoms with E-state index in [2.05, 4.69) is 5.32 Å². The van der Waals surface area contributed by atoms with E-state index in [0.717, 1.165) is 32.1 Å². The van der Waals surface area contributed by atoms with Crippen LogP contribution in [0.3, 0.4) is 0 Å². The van der Waals surface area contributed by atoms with Crippen molar-refractivity contribution in [3.63, 3.8) is 0 Å². The van der Waals surface area contributed by atoms with Crippen LogP contribution in [0.25, 0.3) is 0 Å². The first kappa shape index (κ1) is 24.2. The lowest BCUT2D eigenvalue weighted by Gasteiger charge is -2.34. The molecule has 2 heterocycles. The van der Waals surface area contributed by atoms with Gasteiger partial charge in [-0.3, -0.25) is 14.4 Å². The molecule has 0 saturated carbocycles. The highest BCUT2D eigenvalue weighted by Crippen LogP contribution is 2.25. The number of hydrogen-bond donors (Lipinski definition) is 1. The van der Waals surface area contributed by atoms with Gasteiger partial charge in [0.15, 0.2) is 6.29 Å². The van der Waals surface area contributed by atoms with Crippen molar-refractivity contribution in [2.45, 2.75) is 71.3 Å². The number of carbonyl (C=O) groups excluding carboxylic acids is 4. The number of piperidine rings is 2. The Bertz CT molecular complexity index is 608. The van der Waals surface area contributed by atoms with Gasteiger partial charge in [0.25, 0.3) is 0 Å². The van der Waals surface area contributed by atoms with Crippen LogP contribution in [0, 0.1) is 11.8 Å². The molecular weight excluding hydrogens is 386 g/mol. The summed E-state index contributed by atoms with van der Waals surface area (Å²) in [5, 5.41) is 2.74. The summed E-state index contributed by atoms with van der Waals surface area (Å²) in [7, 11) is 0. The summed E-state index contributed by atoms with van der Waals surface area (Å²) in [6.45, 7) is 8.37. The Kier molecular flexibility index (Phi) is 9.11. The largest absolute Gasteiger partial charge is 0.444 e. The minimum Gasteiger partial charge on any atom is -0.444 e. The zero-order valence-corrected chi connectivity index (χ0v) is 18.6. The second-order valence-electron chi connectivity index (χ2n) is 9.31. The Morgan fingerprint density at radius 2 is 1.77 bits per heavy atom. The van der Waals surface area contributed by atoms with Crippen LogP contribution in [0.1, 0.15) is 65.7 Å². The van der Waals surface area contributed by atoms with Crippen LogP contribution in [0.5, 0.6) is 0 Å². The first-order chi connectivity index (χ1) is 14.2. The molecule has 2 saturated heterocycles. The van der Waals surface area contributed by atoms with Gasteiger partial charge in [0, 0.05) is 45.6 Å². The zero-order chi connectivity index (χ0) is 22.1. The molecule has 1 atom stereocenters. The highest BCUT2D eigenvalue weighted by Gasteiger charge is 2.30. The van der Waals surface area contributed by atoms with E-state index in [1.807, 2.05) is 20.8 Å². The zero-order valence-electron chi connectivity index (χ0n) is 18.6. The number of nitrogens with one attached hydrogen (secondary N) is 1. The Morgan fingerprint density at radius 3 is 2.40 bits per heavy atom. The highest BCUT2D eigenvalue weighted by atomic mass is 16.6. The van der Waals surface area contributed by atoms with E-state index in [9.17, 15) is 19.2 Å². The van der Waals surface area contributed by atoms with Crippen LogP contribution in [-0.4, -0.2) is 72.3 Å². The quantitative estimate of drug-likeness (QED) is 0.635. The van der Waals surface area contributed by atoms with Crippen molar-refractivity contribution in [1.82, 2.24) is 15.1 Å². The molecule has 0 unspecified atom stereocenters. The Morgan fingerprint density at radius 1 is 1.07 bits per heavy atom. The molecule has 8 nitrogen and oxygen atoms in total. The topological polar surface area (TPSA) is 96.0 Å². The second-order valence-corrected chi connectivity index (χ2v) is 9.31. The number of likely N-dealkylation sites (tertiary alicyclic amines) is 2. The predicted molar refractivity (Wildman–Crippen MR) is 112 cm³/mol. The third-order valence-electron chi connectivity index (χ3n) is 5.70. The van der Waals surface area contributed by atoms with Crippen LogP contribution in [0.15, 0.2) is 0 Å². The Labute approximate surface area is 179 Å². The minimum absolute atomic E-state index is 0.0859. The molecule has 3 amide bonds. The van der Waals surface area contributed by atoms with Crippen LogP contribution >= 0.6 is 0 Å². The molecule has 0 bridgehead atoms. The summed E-state index contributed by atoms with van der Waals surface area (Å²) in [6, 6.07) is 0. The van der Waals surface area contributed by atoms with Crippen molar-refractivity contribution in [3.8, 4) is 0 Å². The Hall–Kier alpha value is -2.12. The number of ether oxygens (including phenoxy) is 1. The number of carbonyl (C=O) groups is 3. The number of nitrogens with zero attached hydrogens (tertiary/aromatic N) is 2. The van der Waals surface area contributed by atoms with Crippen LogP contribution in [0.4, 0.5) is 4.79 Å². The van der Waals surface area contributed by atoms with Crippen molar-refractivity contribution in [3.05, 3.63) is 0 Å². The van der Waals surface area contributed by atoms with Crippen LogP contribution < -0.4 is 5.32 Å². The van der Waals surface area contributed by atoms with E-state index in [0.29, 0.717) is 45.1 Å². The summed E-state index contributed by atoms with van der Waals surface area (Å²) >= 11 is 0. The molecule has 0 aromatic carbocycles. The standard InChI is InChI=1S/C22H36N3O5/c1-22(2,3)30-21(29)24-13-9-17(10-14-24)7-8-19(27)25-12-4-6-18(16-25)20(28)23-11-5-15-26/h17-18H,4-14,16H2,1-3H3,(H,23,28)/t18-/m1/s1. The lowest BCUT2D eigenvalue weighted by molar-refractivity contribution is -0.136. The van der Waals surface area contributed by atoms with E-state index in [1.54, 1.807) is 16.1 Å². The van der Waals surface area contributed by atoms with Gasteiger partial charge in [0.1, 0.15) is 5.60 Å². The molecule has 0 aromatic heterocycles. The van der Waals surface area contributed by atoms with Gasteiger partial charge >= 0.3 is 6.09 Å². The van der Waals surface area contributed by atoms with E-state index >= 15 is 0 Å². The number of amides is 3. The summed E-state index contributed by atoms with van der Waals surface area (Å²) < 4.78 is 5.42. The average Bonchev–Trinajstić information content (AvgIpc) is 2.71. The summed E-state index contributed by atoms with van der Waals surface area (Å²) in [5.74, 6) is 0.239. The SMILES string of the molecule is CC(C)(C)OC(=O)N1CCC(CCC(=O)N2CCC[C@@H](C(=O)NCC[C]=O)C2)CC1. The van der Waals surface area contributed by atoms with E-state index < -0.39 is 5.60 Å². The van der Waals surface area contributed by atoms with Crippen LogP contribution in [-0.2, 0) is 19.1 Å². The van der Waals surface area contributed by atoms with Gasteiger partial charge < -0.3 is 19.9 Å². The van der Waals surface area contributed by atoms with Gasteiger partial charge in [-0.15, -0.1) is 0 Å². The maximum absolute atomic E-state index is 12.7. The molecule has 8 heteroatoms. The van der Waals surface area contributed by atoms with Crippen molar-refractivity contribution in [2.24, 2.45) is 11.8 Å². The van der Waals surface area contributed by atoms with Gasteiger partial charge in [-0.2, -0.15) is 0 Å². The van der Waals surface area contributed by atoms with E-state index in [4.69, 9.17) is 4.74 Å². The maximum atomic E-state index is 12.7. The number of rotatable bonds is 7. The van der Waals surface area contributed by atoms with Crippen molar-refractivity contribution < 1.29 is 23.9 Å². The molecule has 30 heavy (non-hydrogen) atoms. The van der Waals surface area contributed by atoms with E-state index in [1.165, 1.54) is 0 Å². The monoisotopic (exact) mass is 422 g/mol. The molecule has 1 radical (unpaired) electrons. The van der Waals surface area contributed by atoms with Crippen molar-refractivity contribution in [1.29, 1.82) is 0 Å². The molecule has 169 valence electrons.